The number of benzene rings is 4. The Hall–Kier alpha value is -5.84. The summed E-state index contributed by atoms with van der Waals surface area (Å²) in [5, 5.41) is 29.9. The van der Waals surface area contributed by atoms with Crippen LogP contribution in [0, 0.1) is 23.3 Å². The minimum Gasteiger partial charge on any atom is -0.478 e. The normalized spacial score (nSPS) is 18.7. The predicted molar refractivity (Wildman–Crippen MR) is 270 cm³/mol. The summed E-state index contributed by atoms with van der Waals surface area (Å²) in [5.41, 5.74) is 2.00. The van der Waals surface area contributed by atoms with Gasteiger partial charge in [0.1, 0.15) is 23.3 Å². The maximum Gasteiger partial charge on any atom is 0.338 e. The molecule has 0 spiro atoms. The highest BCUT2D eigenvalue weighted by Crippen LogP contribution is 2.28. The van der Waals surface area contributed by atoms with Crippen LogP contribution >= 0.6 is 15.9 Å². The van der Waals surface area contributed by atoms with Gasteiger partial charge in [-0.1, -0.05) is 0 Å². The monoisotopic (exact) mass is 1090 g/mol. The van der Waals surface area contributed by atoms with Crippen LogP contribution in [0.5, 0.6) is 0 Å². The fourth-order valence-electron chi connectivity index (χ4n) is 7.82. The molecule has 8 rings (SSSR count). The molecule has 21 heteroatoms. The number of β-amino-alcohol motifs (C(OH)–C–C–N with tert-alkyl or cyclic N) is 2. The van der Waals surface area contributed by atoms with Crippen molar-refractivity contribution in [3.05, 3.63) is 123 Å². The maximum absolute atomic E-state index is 14.0. The smallest absolute Gasteiger partial charge is 0.338 e. The van der Waals surface area contributed by atoms with E-state index in [1.807, 2.05) is 9.80 Å². The molecule has 4 atom stereocenters. The average molecular weight is 1090 g/mol. The fourth-order valence-corrected chi connectivity index (χ4v) is 8.07. The van der Waals surface area contributed by atoms with E-state index in [2.05, 4.69) is 21.2 Å². The van der Waals surface area contributed by atoms with Crippen molar-refractivity contribution in [3.8, 4) is 0 Å². The van der Waals surface area contributed by atoms with E-state index in [4.69, 9.17) is 33.9 Å². The number of halogens is 5. The van der Waals surface area contributed by atoms with Crippen molar-refractivity contribution >= 4 is 56.9 Å². The van der Waals surface area contributed by atoms with Crippen LogP contribution < -0.4 is 20.0 Å². The standard InChI is InChI=1S/C14H18FNO3.C13H16FNO3.C12H14FNO3.C9H8BrFO2.C4H9NO/c1-3-19-14(17)10-4-5-13(12(15)8-10)16-7-6-11(9-16)18-2;1-2-18-13(17)9-3-4-12(11(14)7-9)15-6-5-10(16)8-15;1-17-9-4-5-14(7-9)11-3-2-8(12(15)16)6-10(11)13;1-2-13-9(12)6-3-4-7(10)8(11)5-6;6-4-1-2-5-3-4/h4-5,8,11H,3,6-7,9H2,1-2H3;3-4,7,10,16H,2,5-6,8H2,1H3;2-3,6,9H,4-5,7H2,1H3,(H,15,16);3-5H,2H2,1H3;4-6H,1-3H2/t11-;10-;9-;;4-/m111.1/s1. The molecule has 0 aliphatic carbocycles. The minimum absolute atomic E-state index is 0.0336. The molecule has 4 aliphatic rings. The van der Waals surface area contributed by atoms with Crippen LogP contribution in [0.15, 0.2) is 77.3 Å². The second-order valence-corrected chi connectivity index (χ2v) is 17.7. The van der Waals surface area contributed by atoms with Gasteiger partial charge in [-0.25, -0.2) is 36.7 Å². The van der Waals surface area contributed by atoms with E-state index in [1.54, 1.807) is 64.2 Å². The molecule has 400 valence electrons. The summed E-state index contributed by atoms with van der Waals surface area (Å²) in [4.78, 5) is 50.3. The molecule has 4 aromatic rings. The number of anilines is 3. The third kappa shape index (κ3) is 18.6. The molecular weight excluding hydrogens is 1030 g/mol. The van der Waals surface area contributed by atoms with Crippen LogP contribution in [0.2, 0.25) is 0 Å². The number of methoxy groups -OCH3 is 2. The van der Waals surface area contributed by atoms with Gasteiger partial charge in [0, 0.05) is 60.0 Å². The van der Waals surface area contributed by atoms with Crippen molar-refractivity contribution in [3.63, 3.8) is 0 Å². The van der Waals surface area contributed by atoms with Crippen molar-refractivity contribution in [2.24, 2.45) is 0 Å². The van der Waals surface area contributed by atoms with Crippen LogP contribution in [0.4, 0.5) is 34.6 Å². The van der Waals surface area contributed by atoms with E-state index in [-0.39, 0.29) is 60.4 Å². The van der Waals surface area contributed by atoms with Gasteiger partial charge in [0.05, 0.1) is 88.0 Å². The Balaban J connectivity index is 0.000000204. The summed E-state index contributed by atoms with van der Waals surface area (Å²) in [6.45, 7) is 11.6. The molecule has 4 N–H and O–H groups in total. The number of carboxylic acids is 1. The lowest BCUT2D eigenvalue weighted by Crippen LogP contribution is -2.23. The number of esters is 3. The zero-order valence-electron chi connectivity index (χ0n) is 41.6. The molecule has 4 saturated heterocycles. The van der Waals surface area contributed by atoms with Gasteiger partial charge in [0.2, 0.25) is 0 Å². The zero-order chi connectivity index (χ0) is 53.6. The van der Waals surface area contributed by atoms with Crippen molar-refractivity contribution in [2.75, 3.05) is 101 Å². The minimum atomic E-state index is -1.12. The zero-order valence-corrected chi connectivity index (χ0v) is 43.2. The number of aromatic carboxylic acids is 1. The quantitative estimate of drug-likeness (QED) is 0.0613. The Kier molecular flexibility index (Phi) is 24.9. The molecule has 4 fully saturated rings. The molecule has 4 heterocycles. The largest absolute Gasteiger partial charge is 0.478 e. The van der Waals surface area contributed by atoms with Gasteiger partial charge >= 0.3 is 23.9 Å². The van der Waals surface area contributed by atoms with E-state index >= 15 is 0 Å². The molecule has 4 aromatic carbocycles. The number of nitrogens with zero attached hydrogens (tertiary/aromatic N) is 3. The van der Waals surface area contributed by atoms with E-state index in [0.29, 0.717) is 54.1 Å². The number of hydrogen-bond donors (Lipinski definition) is 4. The molecule has 4 aliphatic heterocycles. The Labute approximate surface area is 431 Å². The van der Waals surface area contributed by atoms with E-state index in [9.17, 15) is 41.8 Å². The highest BCUT2D eigenvalue weighted by Gasteiger charge is 2.27. The van der Waals surface area contributed by atoms with Crippen LogP contribution in [0.25, 0.3) is 0 Å². The van der Waals surface area contributed by atoms with Crippen LogP contribution in [0.3, 0.4) is 0 Å². The number of hydrogen-bond acceptors (Lipinski definition) is 15. The van der Waals surface area contributed by atoms with Gasteiger partial charge < -0.3 is 59.0 Å². The number of aliphatic hydroxyl groups excluding tert-OH is 2. The molecule has 0 unspecified atom stereocenters. The van der Waals surface area contributed by atoms with Crippen LogP contribution in [-0.2, 0) is 23.7 Å². The van der Waals surface area contributed by atoms with Crippen molar-refractivity contribution in [2.45, 2.75) is 70.9 Å². The predicted octanol–water partition coefficient (Wildman–Crippen LogP) is 7.66. The lowest BCUT2D eigenvalue weighted by molar-refractivity contribution is 0.0516. The summed E-state index contributed by atoms with van der Waals surface area (Å²) < 4.78 is 79.8. The summed E-state index contributed by atoms with van der Waals surface area (Å²) in [5.74, 6) is -4.47. The van der Waals surface area contributed by atoms with Gasteiger partial charge in [-0.2, -0.15) is 0 Å². The van der Waals surface area contributed by atoms with Crippen LogP contribution in [0.1, 0.15) is 87.9 Å². The van der Waals surface area contributed by atoms with Crippen molar-refractivity contribution in [1.29, 1.82) is 0 Å². The first-order valence-electron chi connectivity index (χ1n) is 23.9. The van der Waals surface area contributed by atoms with E-state index in [0.717, 1.165) is 57.6 Å². The van der Waals surface area contributed by atoms with Gasteiger partial charge in [0.25, 0.3) is 0 Å². The Morgan fingerprint density at radius 3 is 1.25 bits per heavy atom. The number of rotatable bonds is 12. The third-order valence-electron chi connectivity index (χ3n) is 11.7. The molecule has 16 nitrogen and oxygen atoms in total. The summed E-state index contributed by atoms with van der Waals surface area (Å²) in [7, 11) is 3.30. The average Bonchev–Trinajstić information content (AvgIpc) is 4.23. The SMILES string of the molecule is CCOC(=O)c1ccc(Br)c(F)c1.CCOC(=O)c1ccc(N2CC[C@@H](O)C2)c(F)c1.CCOC(=O)c1ccc(N2CC[C@@H](OC)C2)c(F)c1.CO[C@@H]1CCN(c2ccc(C(=O)O)cc2F)C1.O[C@@H]1CCNC1. The van der Waals surface area contributed by atoms with Gasteiger partial charge in [-0.3, -0.25) is 0 Å². The first-order valence-corrected chi connectivity index (χ1v) is 24.7. The molecule has 0 radical (unpaired) electrons. The first-order chi connectivity index (χ1) is 34.9. The highest BCUT2D eigenvalue weighted by atomic mass is 79.9. The van der Waals surface area contributed by atoms with Crippen LogP contribution in [-0.4, -0.2) is 150 Å². The lowest BCUT2D eigenvalue weighted by atomic mass is 10.2. The van der Waals surface area contributed by atoms with Gasteiger partial charge in [-0.05, 0) is 142 Å². The number of carboxylic acid groups (broad SMARTS) is 1. The van der Waals surface area contributed by atoms with Gasteiger partial charge in [-0.15, -0.1) is 0 Å². The molecule has 0 amide bonds. The van der Waals surface area contributed by atoms with Gasteiger partial charge in [0.15, 0.2) is 0 Å². The number of carbonyl (C=O) groups excluding carboxylic acids is 3. The third-order valence-corrected chi connectivity index (χ3v) is 12.4. The van der Waals surface area contributed by atoms with Crippen molar-refractivity contribution < 1.29 is 75.7 Å². The molecule has 0 aromatic heterocycles. The number of carbonyl (C=O) groups is 4. The first kappa shape index (κ1) is 59.7. The Bertz CT molecular complexity index is 2430. The Morgan fingerprint density at radius 1 is 0.562 bits per heavy atom. The van der Waals surface area contributed by atoms with E-state index in [1.165, 1.54) is 36.4 Å². The highest BCUT2D eigenvalue weighted by molar-refractivity contribution is 9.10. The number of nitrogens with one attached hydrogen (secondary N) is 1. The Morgan fingerprint density at radius 2 is 0.945 bits per heavy atom. The summed E-state index contributed by atoms with van der Waals surface area (Å²) >= 11 is 2.99. The summed E-state index contributed by atoms with van der Waals surface area (Å²) in [6, 6.07) is 16.8. The topological polar surface area (TPSA) is 197 Å². The molecular formula is C52H65BrF4N4O12. The molecule has 0 bridgehead atoms. The number of aliphatic hydroxyl groups is 2. The van der Waals surface area contributed by atoms with Crippen molar-refractivity contribution in [1.82, 2.24) is 5.32 Å². The molecule has 0 saturated carbocycles. The lowest BCUT2D eigenvalue weighted by Gasteiger charge is -2.19. The van der Waals surface area contributed by atoms with E-state index < -0.39 is 53.3 Å². The second kappa shape index (κ2) is 30.4. The maximum atomic E-state index is 14.0. The summed E-state index contributed by atoms with van der Waals surface area (Å²) in [6.07, 6.45) is 3.10. The fraction of sp³-hybridized carbons (Fsp3) is 0.462. The second-order valence-electron chi connectivity index (χ2n) is 16.8. The molecule has 73 heavy (non-hydrogen) atoms. The number of ether oxygens (including phenoxy) is 5.